The third-order valence-corrected chi connectivity index (χ3v) is 0. The summed E-state index contributed by atoms with van der Waals surface area (Å²) in [6.07, 6.45) is 0. The second-order valence-corrected chi connectivity index (χ2v) is 0. The van der Waals surface area contributed by atoms with Crippen LogP contribution in [0.4, 0.5) is 0 Å². The van der Waals surface area contributed by atoms with Crippen molar-refractivity contribution >= 4 is 0 Å². The van der Waals surface area contributed by atoms with Crippen molar-refractivity contribution in [2.45, 2.75) is 0 Å². The van der Waals surface area contributed by atoms with Gasteiger partial charge in [-0.05, 0) is 0 Å². The smallest absolute Gasteiger partial charge is 0.117 e. The van der Waals surface area contributed by atoms with Crippen LogP contribution in [0.15, 0.2) is 0 Å². The first-order valence-electron chi connectivity index (χ1n) is 0.482. The zero-order valence-corrected chi connectivity index (χ0v) is 1.97. The van der Waals surface area contributed by atoms with Gasteiger partial charge in [-0.15, -0.1) is 5.90 Å². The van der Waals surface area contributed by atoms with Crippen molar-refractivity contribution in [2.75, 3.05) is 0 Å². The van der Waals surface area contributed by atoms with Crippen LogP contribution < -0.4 is 11.8 Å². The van der Waals surface area contributed by atoms with Crippen LogP contribution in [0, 0.1) is 0 Å². The number of nitrogens with two attached hydrogens (primary N) is 1. The van der Waals surface area contributed by atoms with Crippen molar-refractivity contribution in [2.24, 2.45) is 5.90 Å². The summed E-state index contributed by atoms with van der Waals surface area (Å²) in [6, 6.07) is 0. The van der Waals surface area contributed by atoms with Gasteiger partial charge in [-0.3, -0.25) is 0 Å². The lowest BCUT2D eigenvalue weighted by Gasteiger charge is -1.27. The van der Waals surface area contributed by atoms with Gasteiger partial charge in [0.2, 0.25) is 0 Å². The van der Waals surface area contributed by atoms with Crippen LogP contribution in [0.2, 0.25) is 0 Å². The number of rotatable bonds is 0. The molecule has 0 aromatic heterocycles. The molecule has 0 aliphatic carbocycles. The highest BCUT2D eigenvalue weighted by atomic mass is 16.4. The molecule has 0 rings (SSSR count). The number of hydrogen-bond donors (Lipinski definition) is 3. The van der Waals surface area contributed by atoms with E-state index in [0.717, 1.165) is 0 Å². The second-order valence-electron chi connectivity index (χ2n) is 0. The lowest BCUT2D eigenvalue weighted by molar-refractivity contribution is 0.283. The molecule has 0 bridgehead atoms. The Kier molecular flexibility index (Phi) is 859. The average Bonchev–Trinajstić information content (AvgIpc) is 1.50. The zero-order chi connectivity index (χ0) is 4.00. The zero-order valence-electron chi connectivity index (χ0n) is 1.97. The Labute approximate surface area is 23.6 Å². The topological polar surface area (TPSA) is 90.3 Å². The summed E-state index contributed by atoms with van der Waals surface area (Å²) in [6.45, 7) is 0. The van der Waals surface area contributed by atoms with E-state index >= 15 is 0 Å². The third kappa shape index (κ3) is 50.7. The molecule has 0 amide bonds. The Balaban J connectivity index is 0. The molecule has 0 spiro atoms. The molecule has 0 aliphatic rings. The van der Waals surface area contributed by atoms with E-state index in [1.807, 2.05) is 0 Å². The minimum absolute atomic E-state index is 3.50. The van der Waals surface area contributed by atoms with Crippen LogP contribution in [-0.2, 0) is 0 Å². The summed E-state index contributed by atoms with van der Waals surface area (Å²) in [5.74, 6) is 8.25. The molecule has 0 saturated heterocycles. The Morgan fingerprint density at radius 1 is 1.25 bits per heavy atom. The minimum atomic E-state index is 3.50. The van der Waals surface area contributed by atoms with Gasteiger partial charge in [-0.2, -0.15) is 0 Å². The second kappa shape index (κ2) is 376. The summed E-state index contributed by atoms with van der Waals surface area (Å²) in [5, 5.41) is 12.8. The SMILES string of the molecule is NO.[NH]O. The maximum absolute atomic E-state index is 6.50. The average molecular weight is 65.1 g/mol. The molecule has 4 nitrogen and oxygen atoms in total. The van der Waals surface area contributed by atoms with Crippen molar-refractivity contribution < 1.29 is 10.4 Å². The summed E-state index contributed by atoms with van der Waals surface area (Å²) >= 11 is 0. The Bertz CT molecular complexity index is 4.00. The van der Waals surface area contributed by atoms with Gasteiger partial charge >= 0.3 is 0 Å². The molecule has 0 heterocycles. The standard InChI is InChI=1S/H3NO.H2NO/c2*1-2/h2H,1H2;1-2H. The fourth-order valence-electron chi connectivity index (χ4n) is 0. The molecule has 5 N–H and O–H groups in total. The van der Waals surface area contributed by atoms with E-state index in [1.165, 1.54) is 0 Å². The first-order chi connectivity index (χ1) is 2.00. The van der Waals surface area contributed by atoms with Crippen LogP contribution in [0.3, 0.4) is 0 Å². The molecule has 4 heavy (non-hydrogen) atoms. The lowest BCUT2D eigenvalue weighted by atomic mass is 13.6. The molecule has 0 atom stereocenters. The Morgan fingerprint density at radius 2 is 1.25 bits per heavy atom. The third-order valence-electron chi connectivity index (χ3n) is 0. The monoisotopic (exact) mass is 65.0 g/mol. The summed E-state index contributed by atoms with van der Waals surface area (Å²) < 4.78 is 0. The predicted octanol–water partition coefficient (Wildman–Crippen LogP) is -1.01. The molecule has 0 aromatic carbocycles. The molecular weight excluding hydrogens is 60.0 g/mol. The van der Waals surface area contributed by atoms with Gasteiger partial charge in [0, 0.05) is 0 Å². The predicted molar refractivity (Wildman–Crippen MR) is 10.9 cm³/mol. The van der Waals surface area contributed by atoms with Crippen LogP contribution in [0.5, 0.6) is 0 Å². The van der Waals surface area contributed by atoms with Crippen molar-refractivity contribution in [1.29, 1.82) is 0 Å². The molecule has 0 fully saturated rings. The lowest BCUT2D eigenvalue weighted by Crippen LogP contribution is -1.72. The van der Waals surface area contributed by atoms with Crippen LogP contribution in [-0.4, -0.2) is 10.4 Å². The van der Waals surface area contributed by atoms with Crippen molar-refractivity contribution in [1.82, 2.24) is 5.90 Å². The van der Waals surface area contributed by atoms with Crippen LogP contribution in [0.1, 0.15) is 0 Å². The van der Waals surface area contributed by atoms with E-state index in [-0.39, 0.29) is 0 Å². The molecule has 27 valence electrons. The molecule has 0 aliphatic heterocycles. The van der Waals surface area contributed by atoms with Gasteiger partial charge in [0.1, 0.15) is 0 Å². The van der Waals surface area contributed by atoms with Crippen molar-refractivity contribution in [3.05, 3.63) is 0 Å². The maximum Gasteiger partial charge on any atom is -0.117 e. The first-order valence-corrected chi connectivity index (χ1v) is 0.482. The van der Waals surface area contributed by atoms with E-state index < -0.39 is 0 Å². The van der Waals surface area contributed by atoms with E-state index in [1.54, 1.807) is 0 Å². The molecule has 1 radical (unpaired) electrons. The maximum atomic E-state index is 6.50. The van der Waals surface area contributed by atoms with E-state index in [0.29, 0.717) is 0 Å². The summed E-state index contributed by atoms with van der Waals surface area (Å²) in [4.78, 5) is 0. The van der Waals surface area contributed by atoms with E-state index in [4.69, 9.17) is 16.3 Å². The van der Waals surface area contributed by atoms with Crippen molar-refractivity contribution in [3.8, 4) is 0 Å². The Hall–Kier alpha value is -0.160. The number of nitrogens with one attached hydrogen (secondary N) is 1. The molecule has 0 unspecified atom stereocenters. The summed E-state index contributed by atoms with van der Waals surface area (Å²) in [7, 11) is 0. The highest BCUT2D eigenvalue weighted by molar-refractivity contribution is 2.77. The minimum Gasteiger partial charge on any atom is -0.320 e. The fourth-order valence-corrected chi connectivity index (χ4v) is 0. The Morgan fingerprint density at radius 3 is 1.25 bits per heavy atom. The fraction of sp³-hybridized carbons (Fsp3) is 0. The van der Waals surface area contributed by atoms with Gasteiger partial charge in [0.25, 0.3) is 0 Å². The van der Waals surface area contributed by atoms with Crippen LogP contribution in [0.25, 0.3) is 0 Å². The molecule has 4 heteroatoms. The van der Waals surface area contributed by atoms with Gasteiger partial charge in [0.05, 0.1) is 0 Å². The van der Waals surface area contributed by atoms with E-state index in [9.17, 15) is 0 Å². The summed E-state index contributed by atoms with van der Waals surface area (Å²) in [5.41, 5.74) is 0. The van der Waals surface area contributed by atoms with Crippen molar-refractivity contribution in [3.63, 3.8) is 0 Å². The molecular formula is H5N2O2. The van der Waals surface area contributed by atoms with Gasteiger partial charge in [0.15, 0.2) is 0 Å². The first kappa shape index (κ1) is 9.15. The highest BCUT2D eigenvalue weighted by Crippen LogP contribution is 0.620. The highest BCUT2D eigenvalue weighted by Gasteiger charge is 0.796. The van der Waals surface area contributed by atoms with Gasteiger partial charge < -0.3 is 10.4 Å². The van der Waals surface area contributed by atoms with Crippen LogP contribution >= 0.6 is 0 Å². The number of hydrogen-bond acceptors (Lipinski definition) is 3. The largest absolute Gasteiger partial charge is 0.320 e. The van der Waals surface area contributed by atoms with E-state index in [2.05, 4.69) is 5.90 Å². The normalized spacial score (nSPS) is 3.00. The molecule has 0 saturated carbocycles. The van der Waals surface area contributed by atoms with Gasteiger partial charge in [-0.1, -0.05) is 0 Å². The molecule has 0 aromatic rings. The quantitative estimate of drug-likeness (QED) is 0.316. The van der Waals surface area contributed by atoms with Gasteiger partial charge in [-0.25, -0.2) is 5.90 Å².